The van der Waals surface area contributed by atoms with Crippen LogP contribution in [0.25, 0.3) is 11.1 Å². The summed E-state index contributed by atoms with van der Waals surface area (Å²) in [6.07, 6.45) is 0. The molecule has 0 saturated carbocycles. The minimum atomic E-state index is -3.67. The van der Waals surface area contributed by atoms with Gasteiger partial charge in [0.25, 0.3) is 0 Å². The molecule has 148 valence electrons. The minimum absolute atomic E-state index is 0.00594. The van der Waals surface area contributed by atoms with E-state index in [1.54, 1.807) is 31.4 Å². The van der Waals surface area contributed by atoms with Crippen molar-refractivity contribution >= 4 is 32.7 Å². The van der Waals surface area contributed by atoms with Crippen LogP contribution in [0.15, 0.2) is 56.6 Å². The second kappa shape index (κ2) is 7.49. The molecule has 3 aromatic rings. The van der Waals surface area contributed by atoms with Crippen LogP contribution in [0.2, 0.25) is 0 Å². The van der Waals surface area contributed by atoms with E-state index in [1.165, 1.54) is 32.3 Å². The third kappa shape index (κ3) is 3.78. The molecule has 1 amide bonds. The molecule has 9 nitrogen and oxygen atoms in total. The Labute approximate surface area is 161 Å². The van der Waals surface area contributed by atoms with Crippen molar-refractivity contribution in [1.29, 1.82) is 0 Å². The first-order valence-corrected chi connectivity index (χ1v) is 9.66. The highest BCUT2D eigenvalue weighted by molar-refractivity contribution is 7.89. The molecule has 3 rings (SSSR count). The summed E-state index contributed by atoms with van der Waals surface area (Å²) in [7, 11) is 0.686. The van der Waals surface area contributed by atoms with Gasteiger partial charge in [0.15, 0.2) is 5.58 Å². The van der Waals surface area contributed by atoms with Crippen LogP contribution in [0.4, 0.5) is 5.69 Å². The fraction of sp³-hybridized carbons (Fsp3) is 0.222. The van der Waals surface area contributed by atoms with Crippen LogP contribution in [-0.4, -0.2) is 44.4 Å². The first kappa shape index (κ1) is 19.6. The van der Waals surface area contributed by atoms with Crippen molar-refractivity contribution < 1.29 is 22.4 Å². The van der Waals surface area contributed by atoms with Crippen molar-refractivity contribution in [3.8, 4) is 5.75 Å². The van der Waals surface area contributed by atoms with Gasteiger partial charge < -0.3 is 14.5 Å². The topological polar surface area (TPSA) is 111 Å². The fourth-order valence-corrected chi connectivity index (χ4v) is 3.50. The quantitative estimate of drug-likeness (QED) is 0.665. The number of amides is 1. The van der Waals surface area contributed by atoms with Gasteiger partial charge in [0.1, 0.15) is 12.3 Å². The highest BCUT2D eigenvalue weighted by Gasteiger charge is 2.20. The Hall–Kier alpha value is -3.11. The van der Waals surface area contributed by atoms with Crippen LogP contribution in [-0.2, 0) is 21.4 Å². The summed E-state index contributed by atoms with van der Waals surface area (Å²) in [5.41, 5.74) is 0.962. The summed E-state index contributed by atoms with van der Waals surface area (Å²) >= 11 is 0. The summed E-state index contributed by atoms with van der Waals surface area (Å²) in [6.45, 7) is -0.280. The third-order valence-corrected chi connectivity index (χ3v) is 5.90. The lowest BCUT2D eigenvalue weighted by molar-refractivity contribution is -0.116. The van der Waals surface area contributed by atoms with E-state index in [2.05, 4.69) is 5.32 Å². The highest BCUT2D eigenvalue weighted by atomic mass is 32.2. The van der Waals surface area contributed by atoms with E-state index in [4.69, 9.17) is 9.15 Å². The molecule has 0 aliphatic heterocycles. The van der Waals surface area contributed by atoms with E-state index in [9.17, 15) is 18.0 Å². The second-order valence-electron chi connectivity index (χ2n) is 6.15. The van der Waals surface area contributed by atoms with Gasteiger partial charge in [-0.15, -0.1) is 0 Å². The van der Waals surface area contributed by atoms with E-state index in [-0.39, 0.29) is 17.0 Å². The molecule has 0 fully saturated rings. The van der Waals surface area contributed by atoms with E-state index in [1.807, 2.05) is 0 Å². The smallest absolute Gasteiger partial charge is 0.420 e. The molecule has 10 heteroatoms. The number of carbonyl (C=O) groups excluding carboxylic acids is 1. The predicted molar refractivity (Wildman–Crippen MR) is 103 cm³/mol. The summed E-state index contributed by atoms with van der Waals surface area (Å²) in [4.78, 5) is 24.4. The molecule has 0 spiro atoms. The van der Waals surface area contributed by atoms with Crippen molar-refractivity contribution in [2.45, 2.75) is 11.4 Å². The Bertz CT molecular complexity index is 1180. The lowest BCUT2D eigenvalue weighted by Crippen LogP contribution is -2.24. The number of benzene rings is 2. The number of methoxy groups -OCH3 is 1. The van der Waals surface area contributed by atoms with Gasteiger partial charge in [-0.1, -0.05) is 0 Å². The van der Waals surface area contributed by atoms with Gasteiger partial charge in [0.05, 0.1) is 17.5 Å². The molecular formula is C18H19N3O6S. The summed E-state index contributed by atoms with van der Waals surface area (Å²) in [5, 5.41) is 2.68. The average Bonchev–Trinajstić information content (AvgIpc) is 2.96. The lowest BCUT2D eigenvalue weighted by atomic mass is 10.3. The number of fused-ring (bicyclic) bond motifs is 1. The SMILES string of the molecule is COc1ccc(NC(=O)Cn2c(=O)oc3cc(S(=O)(=O)N(C)C)ccc32)cc1. The lowest BCUT2D eigenvalue weighted by Gasteiger charge is -2.11. The highest BCUT2D eigenvalue weighted by Crippen LogP contribution is 2.21. The first-order valence-electron chi connectivity index (χ1n) is 8.22. The monoisotopic (exact) mass is 405 g/mol. The number of aromatic nitrogens is 1. The van der Waals surface area contributed by atoms with E-state index in [0.717, 1.165) is 8.87 Å². The van der Waals surface area contributed by atoms with Gasteiger partial charge in [-0.2, -0.15) is 0 Å². The van der Waals surface area contributed by atoms with Crippen LogP contribution in [0.5, 0.6) is 5.75 Å². The Kier molecular flexibility index (Phi) is 5.25. The normalized spacial score (nSPS) is 11.7. The second-order valence-corrected chi connectivity index (χ2v) is 8.30. The van der Waals surface area contributed by atoms with Crippen molar-refractivity contribution in [2.24, 2.45) is 0 Å². The maximum atomic E-state index is 12.3. The molecule has 0 atom stereocenters. The molecule has 1 N–H and O–H groups in total. The molecule has 0 aliphatic carbocycles. The van der Waals surface area contributed by atoms with Crippen molar-refractivity contribution in [2.75, 3.05) is 26.5 Å². The molecule has 0 saturated heterocycles. The van der Waals surface area contributed by atoms with Crippen LogP contribution in [0.1, 0.15) is 0 Å². The zero-order valence-corrected chi connectivity index (χ0v) is 16.3. The molecule has 1 aromatic heterocycles. The average molecular weight is 405 g/mol. The Morgan fingerprint density at radius 3 is 2.46 bits per heavy atom. The van der Waals surface area contributed by atoms with E-state index >= 15 is 0 Å². The summed E-state index contributed by atoms with van der Waals surface area (Å²) in [6, 6.07) is 10.8. The molecule has 0 unspecified atom stereocenters. The van der Waals surface area contributed by atoms with E-state index in [0.29, 0.717) is 17.0 Å². The molecule has 0 aliphatic rings. The number of sulfonamides is 1. The van der Waals surface area contributed by atoms with Gasteiger partial charge in [-0.3, -0.25) is 9.36 Å². The molecule has 28 heavy (non-hydrogen) atoms. The largest absolute Gasteiger partial charge is 0.497 e. The number of carbonyl (C=O) groups is 1. The Morgan fingerprint density at radius 1 is 1.18 bits per heavy atom. The number of oxazole rings is 1. The maximum Gasteiger partial charge on any atom is 0.420 e. The number of rotatable bonds is 6. The zero-order chi connectivity index (χ0) is 20.5. The Morgan fingerprint density at radius 2 is 1.86 bits per heavy atom. The number of ether oxygens (including phenoxy) is 1. The number of hydrogen-bond acceptors (Lipinski definition) is 6. The van der Waals surface area contributed by atoms with Gasteiger partial charge >= 0.3 is 5.76 Å². The predicted octanol–water partition coefficient (Wildman–Crippen LogP) is 1.49. The standard InChI is InChI=1S/C18H19N3O6S/c1-20(2)28(24,25)14-8-9-15-16(10-14)27-18(23)21(15)11-17(22)19-12-4-6-13(26-3)7-5-12/h4-10H,11H2,1-3H3,(H,19,22). The van der Waals surface area contributed by atoms with Gasteiger partial charge in [-0.25, -0.2) is 17.5 Å². The molecule has 0 bridgehead atoms. The van der Waals surface area contributed by atoms with Crippen LogP contribution in [0.3, 0.4) is 0 Å². The van der Waals surface area contributed by atoms with Crippen LogP contribution < -0.4 is 15.8 Å². The number of nitrogens with zero attached hydrogens (tertiary/aromatic N) is 2. The number of hydrogen-bond donors (Lipinski definition) is 1. The first-order chi connectivity index (χ1) is 13.2. The molecule has 2 aromatic carbocycles. The van der Waals surface area contributed by atoms with E-state index < -0.39 is 21.7 Å². The summed E-state index contributed by atoms with van der Waals surface area (Å²) < 4.78 is 36.8. The van der Waals surface area contributed by atoms with Crippen molar-refractivity contribution in [3.05, 3.63) is 53.0 Å². The Balaban J connectivity index is 1.85. The maximum absolute atomic E-state index is 12.3. The third-order valence-electron chi connectivity index (χ3n) is 4.09. The van der Waals surface area contributed by atoms with Gasteiger partial charge in [-0.05, 0) is 36.4 Å². The van der Waals surface area contributed by atoms with Crippen LogP contribution >= 0.6 is 0 Å². The van der Waals surface area contributed by atoms with Crippen molar-refractivity contribution in [1.82, 2.24) is 8.87 Å². The minimum Gasteiger partial charge on any atom is -0.497 e. The van der Waals surface area contributed by atoms with Crippen LogP contribution in [0, 0.1) is 0 Å². The summed E-state index contributed by atoms with van der Waals surface area (Å²) in [5.74, 6) is -0.530. The van der Waals surface area contributed by atoms with Gasteiger partial charge in [0, 0.05) is 25.8 Å². The molecule has 1 heterocycles. The molecular weight excluding hydrogens is 386 g/mol. The van der Waals surface area contributed by atoms with Crippen molar-refractivity contribution in [3.63, 3.8) is 0 Å². The number of anilines is 1. The fourth-order valence-electron chi connectivity index (χ4n) is 2.59. The van der Waals surface area contributed by atoms with Gasteiger partial charge in [0.2, 0.25) is 15.9 Å². The number of nitrogens with one attached hydrogen (secondary N) is 1. The molecule has 0 radical (unpaired) electrons. The zero-order valence-electron chi connectivity index (χ0n) is 15.5.